The largest absolute Gasteiger partial charge is 0.330 e. The van der Waals surface area contributed by atoms with Crippen molar-refractivity contribution in [2.45, 2.75) is 38.4 Å². The van der Waals surface area contributed by atoms with E-state index >= 15 is 0 Å². The predicted octanol–water partition coefficient (Wildman–Crippen LogP) is 0.947. The minimum Gasteiger partial charge on any atom is -0.330 e. The van der Waals surface area contributed by atoms with Crippen LogP contribution in [0.15, 0.2) is 0 Å². The summed E-state index contributed by atoms with van der Waals surface area (Å²) in [5.41, 5.74) is 5.40. The highest BCUT2D eigenvalue weighted by atomic mass is 14.5. The summed E-state index contributed by atoms with van der Waals surface area (Å²) in [6, 6.07) is 0. The van der Waals surface area contributed by atoms with Gasteiger partial charge in [0, 0.05) is 0 Å². The zero-order valence-electron chi connectivity index (χ0n) is 6.69. The first-order valence-electron chi connectivity index (χ1n) is 4.01. The van der Waals surface area contributed by atoms with Crippen molar-refractivity contribution in [3.63, 3.8) is 0 Å². The molecule has 0 radical (unpaired) electrons. The van der Waals surface area contributed by atoms with Gasteiger partial charge in [0.25, 0.3) is 0 Å². The molecular weight excluding hydrogens is 109 g/mol. The van der Waals surface area contributed by atoms with Crippen LogP contribution in [0.25, 0.3) is 0 Å². The van der Waals surface area contributed by atoms with Crippen LogP contribution in [0.4, 0.5) is 0 Å². The average Bonchev–Trinajstić information content (AvgIpc) is 1.85. The van der Waals surface area contributed by atoms with Gasteiger partial charge < -0.3 is 5.73 Å². The number of unbranched alkanes of at least 4 members (excludes halogenated alkanes) is 1. The fourth-order valence-electron chi connectivity index (χ4n) is 0.981. The van der Waals surface area contributed by atoms with E-state index < -0.39 is 0 Å². The Labute approximate surface area is 59.4 Å². The van der Waals surface area contributed by atoms with Gasteiger partial charge in [-0.05, 0) is 13.0 Å². The van der Waals surface area contributed by atoms with Crippen LogP contribution >= 0.6 is 0 Å². The molecule has 2 N–H and O–H groups in total. The Kier molecular flexibility index (Phi) is 6.17. The van der Waals surface area contributed by atoms with E-state index in [0.29, 0.717) is 0 Å². The van der Waals surface area contributed by atoms with Crippen LogP contribution in [-0.4, -0.2) is 14.4 Å². The van der Waals surface area contributed by atoms with Crippen molar-refractivity contribution >= 4 is 7.85 Å². The molecule has 1 nitrogen and oxygen atoms in total. The van der Waals surface area contributed by atoms with Crippen molar-refractivity contribution in [3.8, 4) is 0 Å². The molecule has 9 heavy (non-hydrogen) atoms. The molecule has 0 saturated carbocycles. The summed E-state index contributed by atoms with van der Waals surface area (Å²) >= 11 is 0. The van der Waals surface area contributed by atoms with Crippen LogP contribution in [0.3, 0.4) is 0 Å². The Balaban J connectivity index is 2.95. The second-order valence-electron chi connectivity index (χ2n) is 2.82. The number of hydrogen-bond donors (Lipinski definition) is 1. The maximum Gasteiger partial charge on any atom is 0.105 e. The van der Waals surface area contributed by atoms with E-state index in [1.54, 1.807) is 0 Å². The zero-order valence-corrected chi connectivity index (χ0v) is 6.69. The van der Waals surface area contributed by atoms with Crippen LogP contribution in [-0.2, 0) is 0 Å². The molecule has 1 atom stereocenters. The Hall–Kier alpha value is 0.0249. The lowest BCUT2D eigenvalue weighted by Gasteiger charge is -2.06. The maximum atomic E-state index is 5.40. The minimum absolute atomic E-state index is 0.843. The molecule has 0 aromatic carbocycles. The Bertz CT molecular complexity index is 56.9. The molecule has 54 valence electrons. The van der Waals surface area contributed by atoms with Gasteiger partial charge in [0.2, 0.25) is 0 Å². The van der Waals surface area contributed by atoms with Gasteiger partial charge in [-0.1, -0.05) is 32.0 Å². The lowest BCUT2D eigenvalue weighted by Crippen LogP contribution is -2.03. The number of rotatable bonds is 5. The van der Waals surface area contributed by atoms with E-state index in [1.807, 2.05) is 0 Å². The summed E-state index contributed by atoms with van der Waals surface area (Å²) in [6.45, 7) is 3.08. The van der Waals surface area contributed by atoms with E-state index in [-0.39, 0.29) is 0 Å². The van der Waals surface area contributed by atoms with Crippen molar-refractivity contribution in [1.82, 2.24) is 0 Å². The first-order valence-corrected chi connectivity index (χ1v) is 4.01. The average molecular weight is 127 g/mol. The monoisotopic (exact) mass is 127 g/mol. The van der Waals surface area contributed by atoms with Gasteiger partial charge in [-0.25, -0.2) is 0 Å². The zero-order chi connectivity index (χ0) is 7.11. The van der Waals surface area contributed by atoms with Crippen molar-refractivity contribution in [2.75, 3.05) is 6.54 Å². The van der Waals surface area contributed by atoms with Crippen LogP contribution in [0.2, 0.25) is 5.82 Å². The van der Waals surface area contributed by atoms with E-state index in [9.17, 15) is 0 Å². The fraction of sp³-hybridized carbons (Fsp3) is 1.00. The SMILES string of the molecule is BC(CCN)CCCC. The topological polar surface area (TPSA) is 26.0 Å². The molecule has 0 aliphatic rings. The smallest absolute Gasteiger partial charge is 0.105 e. The second-order valence-corrected chi connectivity index (χ2v) is 2.82. The summed E-state index contributed by atoms with van der Waals surface area (Å²) in [4.78, 5) is 0. The fourth-order valence-corrected chi connectivity index (χ4v) is 0.981. The predicted molar refractivity (Wildman–Crippen MR) is 45.5 cm³/mol. The summed E-state index contributed by atoms with van der Waals surface area (Å²) in [7, 11) is 2.28. The third kappa shape index (κ3) is 5.90. The van der Waals surface area contributed by atoms with Crippen LogP contribution in [0.1, 0.15) is 32.6 Å². The van der Waals surface area contributed by atoms with Gasteiger partial charge in [0.1, 0.15) is 7.85 Å². The molecule has 0 saturated heterocycles. The summed E-state index contributed by atoms with van der Waals surface area (Å²) < 4.78 is 0. The normalized spacial score (nSPS) is 13.6. The quantitative estimate of drug-likeness (QED) is 0.546. The molecule has 0 bridgehead atoms. The molecule has 0 aromatic heterocycles. The Morgan fingerprint density at radius 3 is 2.56 bits per heavy atom. The van der Waals surface area contributed by atoms with Gasteiger partial charge in [0.15, 0.2) is 0 Å². The van der Waals surface area contributed by atoms with Gasteiger partial charge in [-0.15, -0.1) is 0 Å². The third-order valence-electron chi connectivity index (χ3n) is 1.71. The van der Waals surface area contributed by atoms with Gasteiger partial charge in [0.05, 0.1) is 0 Å². The summed E-state index contributed by atoms with van der Waals surface area (Å²) in [5.74, 6) is 0.843. The lowest BCUT2D eigenvalue weighted by molar-refractivity contribution is 0.637. The van der Waals surface area contributed by atoms with Crippen molar-refractivity contribution in [3.05, 3.63) is 0 Å². The molecule has 0 aliphatic heterocycles. The second kappa shape index (κ2) is 6.15. The van der Waals surface area contributed by atoms with Gasteiger partial charge in [-0.2, -0.15) is 0 Å². The molecule has 0 rings (SSSR count). The molecule has 0 spiro atoms. The Morgan fingerprint density at radius 2 is 2.11 bits per heavy atom. The van der Waals surface area contributed by atoms with Crippen LogP contribution in [0, 0.1) is 0 Å². The molecular formula is C7H18BN. The molecule has 1 unspecified atom stereocenters. The maximum absolute atomic E-state index is 5.40. The van der Waals surface area contributed by atoms with E-state index in [0.717, 1.165) is 12.4 Å². The van der Waals surface area contributed by atoms with Crippen LogP contribution < -0.4 is 5.73 Å². The molecule has 2 heteroatoms. The van der Waals surface area contributed by atoms with Gasteiger partial charge in [-0.3, -0.25) is 0 Å². The van der Waals surface area contributed by atoms with Crippen molar-refractivity contribution < 1.29 is 0 Å². The van der Waals surface area contributed by atoms with Crippen LogP contribution in [0.5, 0.6) is 0 Å². The number of hydrogen-bond acceptors (Lipinski definition) is 1. The Morgan fingerprint density at radius 1 is 1.44 bits per heavy atom. The van der Waals surface area contributed by atoms with E-state index in [4.69, 9.17) is 5.73 Å². The summed E-state index contributed by atoms with van der Waals surface area (Å²) in [5, 5.41) is 0. The molecule has 0 aromatic rings. The lowest BCUT2D eigenvalue weighted by atomic mass is 9.80. The standard InChI is InChI=1S/C7H18BN/c1-2-3-4-7(8)5-6-9/h7H,2-6,8-9H2,1H3. The minimum atomic E-state index is 0.843. The first-order chi connectivity index (χ1) is 4.31. The first kappa shape index (κ1) is 9.02. The highest BCUT2D eigenvalue weighted by molar-refractivity contribution is 6.11. The molecule has 0 amide bonds. The highest BCUT2D eigenvalue weighted by Crippen LogP contribution is 2.12. The van der Waals surface area contributed by atoms with Crippen molar-refractivity contribution in [2.24, 2.45) is 5.73 Å². The van der Waals surface area contributed by atoms with Gasteiger partial charge >= 0.3 is 0 Å². The highest BCUT2D eigenvalue weighted by Gasteiger charge is 1.97. The third-order valence-corrected chi connectivity index (χ3v) is 1.71. The molecule has 0 aliphatic carbocycles. The van der Waals surface area contributed by atoms with E-state index in [2.05, 4.69) is 14.8 Å². The number of nitrogens with two attached hydrogens (primary N) is 1. The molecule has 0 heterocycles. The van der Waals surface area contributed by atoms with E-state index in [1.165, 1.54) is 25.7 Å². The molecule has 0 fully saturated rings. The summed E-state index contributed by atoms with van der Waals surface area (Å²) in [6.07, 6.45) is 5.23. The van der Waals surface area contributed by atoms with Crippen molar-refractivity contribution in [1.29, 1.82) is 0 Å².